The van der Waals surface area contributed by atoms with Crippen LogP contribution >= 0.6 is 23.2 Å². The van der Waals surface area contributed by atoms with Crippen molar-refractivity contribution >= 4 is 50.5 Å². The van der Waals surface area contributed by atoms with Gasteiger partial charge >= 0.3 is 0 Å². The summed E-state index contributed by atoms with van der Waals surface area (Å²) in [5, 5.41) is 0.300. The van der Waals surface area contributed by atoms with Gasteiger partial charge in [0.1, 0.15) is 4.90 Å². The van der Waals surface area contributed by atoms with Crippen molar-refractivity contribution < 1.29 is 13.2 Å². The first-order valence-electron chi connectivity index (χ1n) is 11.1. The molecule has 0 radical (unpaired) electrons. The van der Waals surface area contributed by atoms with Crippen LogP contribution < -0.4 is 9.21 Å². The number of benzene rings is 3. The number of rotatable bonds is 7. The third-order valence-electron chi connectivity index (χ3n) is 5.85. The molecule has 0 bridgehead atoms. The predicted octanol–water partition coefficient (Wildman–Crippen LogP) is 5.34. The zero-order chi connectivity index (χ0) is 25.0. The van der Waals surface area contributed by atoms with Crippen LogP contribution in [0.1, 0.15) is 10.4 Å². The van der Waals surface area contributed by atoms with Crippen molar-refractivity contribution in [3.8, 4) is 0 Å². The third-order valence-corrected chi connectivity index (χ3v) is 8.43. The third kappa shape index (κ3) is 5.32. The van der Waals surface area contributed by atoms with Gasteiger partial charge in [-0.25, -0.2) is 8.42 Å². The molecule has 1 aliphatic heterocycles. The number of para-hydroxylation sites is 2. The molecule has 0 saturated carbocycles. The fraction of sp³-hybridized carbons (Fsp3) is 0.192. The topological polar surface area (TPSA) is 60.9 Å². The minimum atomic E-state index is -4.13. The summed E-state index contributed by atoms with van der Waals surface area (Å²) in [5.41, 5.74) is 1.68. The monoisotopic (exact) mass is 529 g/mol. The van der Waals surface area contributed by atoms with E-state index in [1.807, 2.05) is 30.3 Å². The van der Waals surface area contributed by atoms with Gasteiger partial charge in [0.05, 0.1) is 22.3 Å². The summed E-state index contributed by atoms with van der Waals surface area (Å²) < 4.78 is 28.4. The molecule has 182 valence electrons. The molecule has 1 amide bonds. The van der Waals surface area contributed by atoms with E-state index in [1.54, 1.807) is 35.2 Å². The van der Waals surface area contributed by atoms with Crippen molar-refractivity contribution in [2.45, 2.75) is 4.90 Å². The minimum absolute atomic E-state index is 0.0119. The number of anilines is 2. The summed E-state index contributed by atoms with van der Waals surface area (Å²) in [6.45, 7) is 6.10. The first-order chi connectivity index (χ1) is 16.8. The van der Waals surface area contributed by atoms with E-state index in [2.05, 4.69) is 11.5 Å². The van der Waals surface area contributed by atoms with E-state index in [0.717, 1.165) is 9.99 Å². The number of carbonyl (C=O) groups excluding carboxylic acids is 1. The highest BCUT2D eigenvalue weighted by Gasteiger charge is 2.30. The lowest BCUT2D eigenvalue weighted by Gasteiger charge is -2.36. The van der Waals surface area contributed by atoms with Gasteiger partial charge in [0.25, 0.3) is 15.9 Å². The second-order valence-corrected chi connectivity index (χ2v) is 10.7. The Kier molecular flexibility index (Phi) is 7.69. The number of sulfonamides is 1. The van der Waals surface area contributed by atoms with Crippen molar-refractivity contribution in [2.75, 3.05) is 41.9 Å². The molecule has 0 unspecified atom stereocenters. The van der Waals surface area contributed by atoms with Gasteiger partial charge in [0.15, 0.2) is 0 Å². The highest BCUT2D eigenvalue weighted by molar-refractivity contribution is 7.93. The molecule has 9 heteroatoms. The maximum Gasteiger partial charge on any atom is 0.266 e. The molecule has 4 rings (SSSR count). The molecule has 35 heavy (non-hydrogen) atoms. The van der Waals surface area contributed by atoms with Gasteiger partial charge < -0.3 is 9.80 Å². The molecule has 0 spiro atoms. The standard InChI is InChI=1S/C26H25Cl2N3O3S/c1-2-14-31(24-11-7-6-10-22(24)27)35(33,34)25-19-20(12-13-23(25)28)26(32)30-17-15-29(16-18-30)21-8-4-3-5-9-21/h2-13,19H,1,14-18H2. The van der Waals surface area contributed by atoms with Crippen LogP contribution in [0.25, 0.3) is 0 Å². The fourth-order valence-corrected chi connectivity index (χ4v) is 6.28. The summed E-state index contributed by atoms with van der Waals surface area (Å²) in [7, 11) is -4.13. The van der Waals surface area contributed by atoms with E-state index < -0.39 is 10.0 Å². The highest BCUT2D eigenvalue weighted by atomic mass is 35.5. The summed E-state index contributed by atoms with van der Waals surface area (Å²) in [4.78, 5) is 17.1. The molecule has 1 saturated heterocycles. The lowest BCUT2D eigenvalue weighted by molar-refractivity contribution is 0.0746. The number of hydrogen-bond acceptors (Lipinski definition) is 4. The van der Waals surface area contributed by atoms with Crippen LogP contribution in [0.4, 0.5) is 11.4 Å². The summed E-state index contributed by atoms with van der Waals surface area (Å²) in [5.74, 6) is -0.237. The highest BCUT2D eigenvalue weighted by Crippen LogP contribution is 2.33. The molecular weight excluding hydrogens is 505 g/mol. The normalized spacial score (nSPS) is 14.0. The van der Waals surface area contributed by atoms with Crippen molar-refractivity contribution in [3.05, 3.63) is 101 Å². The summed E-state index contributed by atoms with van der Waals surface area (Å²) in [6, 6.07) is 21.0. The first kappa shape index (κ1) is 25.1. The Balaban J connectivity index is 1.59. The van der Waals surface area contributed by atoms with E-state index in [4.69, 9.17) is 23.2 Å². The molecule has 0 atom stereocenters. The van der Waals surface area contributed by atoms with Crippen LogP contribution in [0.2, 0.25) is 10.0 Å². The van der Waals surface area contributed by atoms with Gasteiger partial charge in [-0.3, -0.25) is 9.10 Å². The van der Waals surface area contributed by atoms with E-state index in [9.17, 15) is 13.2 Å². The van der Waals surface area contributed by atoms with Crippen molar-refractivity contribution in [2.24, 2.45) is 0 Å². The lowest BCUT2D eigenvalue weighted by atomic mass is 10.1. The largest absolute Gasteiger partial charge is 0.368 e. The van der Waals surface area contributed by atoms with Crippen molar-refractivity contribution in [1.82, 2.24) is 4.90 Å². The van der Waals surface area contributed by atoms with Crippen molar-refractivity contribution in [3.63, 3.8) is 0 Å². The lowest BCUT2D eigenvalue weighted by Crippen LogP contribution is -2.48. The molecule has 3 aromatic carbocycles. The Morgan fingerprint density at radius 3 is 2.23 bits per heavy atom. The van der Waals surface area contributed by atoms with Crippen LogP contribution in [0.3, 0.4) is 0 Å². The van der Waals surface area contributed by atoms with E-state index in [0.29, 0.717) is 31.9 Å². The second-order valence-electron chi connectivity index (χ2n) is 8.04. The Morgan fingerprint density at radius 2 is 1.57 bits per heavy atom. The van der Waals surface area contributed by atoms with Crippen LogP contribution in [-0.4, -0.2) is 51.9 Å². The van der Waals surface area contributed by atoms with Gasteiger partial charge in [-0.1, -0.05) is 59.6 Å². The zero-order valence-corrected chi connectivity index (χ0v) is 21.3. The van der Waals surface area contributed by atoms with Gasteiger partial charge in [-0.15, -0.1) is 6.58 Å². The quantitative estimate of drug-likeness (QED) is 0.387. The number of amides is 1. The minimum Gasteiger partial charge on any atom is -0.368 e. The summed E-state index contributed by atoms with van der Waals surface area (Å²) in [6.07, 6.45) is 1.47. The number of halogens is 2. The van der Waals surface area contributed by atoms with Crippen LogP contribution in [0, 0.1) is 0 Å². The molecule has 1 aliphatic rings. The Labute approximate surface area is 216 Å². The molecule has 1 fully saturated rings. The summed E-state index contributed by atoms with van der Waals surface area (Å²) >= 11 is 12.6. The molecular formula is C26H25Cl2N3O3S. The van der Waals surface area contributed by atoms with Crippen LogP contribution in [0.15, 0.2) is 90.3 Å². The maximum absolute atomic E-state index is 13.7. The predicted molar refractivity (Wildman–Crippen MR) is 142 cm³/mol. The second kappa shape index (κ2) is 10.7. The number of nitrogens with zero attached hydrogens (tertiary/aromatic N) is 3. The first-order valence-corrected chi connectivity index (χ1v) is 13.3. The van der Waals surface area contributed by atoms with Gasteiger partial charge in [0, 0.05) is 37.4 Å². The zero-order valence-electron chi connectivity index (χ0n) is 19.0. The Morgan fingerprint density at radius 1 is 0.914 bits per heavy atom. The van der Waals surface area contributed by atoms with Gasteiger partial charge in [-0.05, 0) is 42.5 Å². The molecule has 6 nitrogen and oxygen atoms in total. The molecule has 1 heterocycles. The van der Waals surface area contributed by atoms with E-state index in [-0.39, 0.29) is 33.0 Å². The Bertz CT molecular complexity index is 1320. The smallest absolute Gasteiger partial charge is 0.266 e. The Hall–Kier alpha value is -3.00. The van der Waals surface area contributed by atoms with Gasteiger partial charge in [0.2, 0.25) is 0 Å². The van der Waals surface area contributed by atoms with Crippen LogP contribution in [0.5, 0.6) is 0 Å². The van der Waals surface area contributed by atoms with Gasteiger partial charge in [-0.2, -0.15) is 0 Å². The average Bonchev–Trinajstić information content (AvgIpc) is 2.88. The van der Waals surface area contributed by atoms with Crippen LogP contribution in [-0.2, 0) is 10.0 Å². The van der Waals surface area contributed by atoms with E-state index in [1.165, 1.54) is 18.2 Å². The fourth-order valence-electron chi connectivity index (χ4n) is 4.04. The number of hydrogen-bond donors (Lipinski definition) is 0. The average molecular weight is 530 g/mol. The maximum atomic E-state index is 13.7. The molecule has 0 aliphatic carbocycles. The molecule has 0 N–H and O–H groups in total. The number of carbonyl (C=O) groups is 1. The van der Waals surface area contributed by atoms with Crippen molar-refractivity contribution in [1.29, 1.82) is 0 Å². The SMILES string of the molecule is C=CCN(c1ccccc1Cl)S(=O)(=O)c1cc(C(=O)N2CCN(c3ccccc3)CC2)ccc1Cl. The molecule has 0 aromatic heterocycles. The number of piperazine rings is 1. The van der Waals surface area contributed by atoms with E-state index >= 15 is 0 Å². The molecule has 3 aromatic rings.